The van der Waals surface area contributed by atoms with Crippen molar-refractivity contribution < 1.29 is 192 Å². The van der Waals surface area contributed by atoms with Gasteiger partial charge in [-0.2, -0.15) is 149 Å². The van der Waals surface area contributed by atoms with Crippen molar-refractivity contribution >= 4 is 26.2 Å². The van der Waals surface area contributed by atoms with Gasteiger partial charge in [-0.25, -0.2) is 9.59 Å². The summed E-state index contributed by atoms with van der Waals surface area (Å²) in [6, 6.07) is 2.11. The van der Waals surface area contributed by atoms with Crippen LogP contribution >= 0.6 is 0 Å². The van der Waals surface area contributed by atoms with Crippen molar-refractivity contribution in [2.45, 2.75) is 224 Å². The maximum Gasteiger partial charge on any atom is 0.460 e. The lowest BCUT2D eigenvalue weighted by atomic mass is 9.88. The van der Waals surface area contributed by atoms with Crippen molar-refractivity contribution in [3.8, 4) is 5.75 Å². The van der Waals surface area contributed by atoms with E-state index < -0.39 is 214 Å². The molecule has 0 radical (unpaired) electrons. The Morgan fingerprint density at radius 3 is 1.17 bits per heavy atom. The minimum atomic E-state index is -8.89. The second-order valence-corrected chi connectivity index (χ2v) is 26.5. The van der Waals surface area contributed by atoms with Crippen LogP contribution in [0.2, 0.25) is 17.1 Å². The molecule has 94 heavy (non-hydrogen) atoms. The number of rotatable bonds is 27. The molecule has 0 aromatic heterocycles. The van der Waals surface area contributed by atoms with Crippen molar-refractivity contribution in [1.29, 1.82) is 0 Å². The van der Waals surface area contributed by atoms with Gasteiger partial charge in [0.25, 0.3) is 0 Å². The van der Waals surface area contributed by atoms with Gasteiger partial charge in [-0.3, -0.25) is 4.79 Å². The largest absolute Gasteiger partial charge is 0.494 e. The molecule has 546 valence electrons. The summed E-state index contributed by atoms with van der Waals surface area (Å²) in [5, 5.41) is 0. The molecule has 0 N–H and O–H groups in total. The minimum Gasteiger partial charge on any atom is -0.494 e. The molecule has 2 rings (SSSR count). The molecule has 0 saturated heterocycles. The summed E-state index contributed by atoms with van der Waals surface area (Å²) in [4.78, 5) is 39.1. The van der Waals surface area contributed by atoms with E-state index in [0.29, 0.717) is 18.2 Å². The van der Waals surface area contributed by atoms with Crippen LogP contribution in [-0.4, -0.2) is 159 Å². The summed E-state index contributed by atoms with van der Waals surface area (Å²) >= 11 is 0. The Labute approximate surface area is 507 Å². The van der Waals surface area contributed by atoms with Gasteiger partial charge < -0.3 is 28.1 Å². The molecule has 0 spiro atoms. The average Bonchev–Trinajstić information content (AvgIpc) is 0.703. The highest BCUT2D eigenvalue weighted by molar-refractivity contribution is 6.76. The van der Waals surface area contributed by atoms with E-state index in [0.717, 1.165) is 78.8 Å². The van der Waals surface area contributed by atoms with Crippen LogP contribution < -0.4 is 4.74 Å². The number of halogens is 34. The van der Waals surface area contributed by atoms with Crippen LogP contribution in [0.25, 0.3) is 0 Å². The molecule has 1 aromatic rings. The zero-order chi connectivity index (χ0) is 74.3. The van der Waals surface area contributed by atoms with Crippen LogP contribution in [0, 0.1) is 0 Å². The molecule has 0 aliphatic carbocycles. The van der Waals surface area contributed by atoms with E-state index in [1.165, 1.54) is 0 Å². The fourth-order valence-corrected chi connectivity index (χ4v) is 13.0. The molecule has 0 amide bonds. The minimum absolute atomic E-state index is 0.00846. The maximum atomic E-state index is 15.4. The van der Waals surface area contributed by atoms with Gasteiger partial charge in [0.2, 0.25) is 0 Å². The Kier molecular flexibility index (Phi) is 25.1. The summed E-state index contributed by atoms with van der Waals surface area (Å²) < 4.78 is 504. The first-order valence-corrected chi connectivity index (χ1v) is 28.3. The summed E-state index contributed by atoms with van der Waals surface area (Å²) in [6.07, 6.45) is -30.0. The smallest absolute Gasteiger partial charge is 0.460 e. The van der Waals surface area contributed by atoms with Crippen molar-refractivity contribution in [3.05, 3.63) is 54.1 Å². The first kappa shape index (κ1) is 84.8. The molecule has 1 aliphatic rings. The summed E-state index contributed by atoms with van der Waals surface area (Å²) in [6.45, 7) is 5.43. The lowest BCUT2D eigenvalue weighted by Crippen LogP contribution is -2.74. The number of carbonyl (C=O) groups excluding carboxylic acids is 3. The van der Waals surface area contributed by atoms with Gasteiger partial charge in [0.05, 0.1) is 19.6 Å². The summed E-state index contributed by atoms with van der Waals surface area (Å²) in [5.74, 6) is -121. The molecule has 1 aliphatic heterocycles. The SMILES string of the molecule is CC(C)[Si](CCC(F)(F)C(F)(F)C(F)(F)C(F)(F)C(F)(F)C(F)(F)C(F)(F)C(F)(F)F)(O[C@@H]1C=CC(=O)O[C@@H](C)CC(=O)O[C@H](C)[C@H](OCc2ccc(OCCCC(F)(F)C(F)(F)C(F)(F)C(F)(F)C(F)(F)C(F)(F)C(F)(F)C(F)(F)F)cc2)C=CC(=O)O[C@H]1C)C(C)C. The number of cyclic esters (lactones) is 3. The zero-order valence-electron chi connectivity index (χ0n) is 48.1. The summed E-state index contributed by atoms with van der Waals surface area (Å²) in [5.41, 5.74) is -2.61. The van der Waals surface area contributed by atoms with Crippen LogP contribution in [0.15, 0.2) is 48.6 Å². The Morgan fingerprint density at radius 2 is 0.787 bits per heavy atom. The third kappa shape index (κ3) is 15.6. The first-order chi connectivity index (χ1) is 41.6. The van der Waals surface area contributed by atoms with Crippen LogP contribution in [0.3, 0.4) is 0 Å². The van der Waals surface area contributed by atoms with Gasteiger partial charge in [0.15, 0.2) is 8.32 Å². The molecule has 5 atom stereocenters. The predicted octanol–water partition coefficient (Wildman–Crippen LogP) is 17.6. The van der Waals surface area contributed by atoms with E-state index in [1.54, 1.807) is 0 Å². The van der Waals surface area contributed by atoms with Crippen LogP contribution in [0.5, 0.6) is 5.75 Å². The molecule has 0 saturated carbocycles. The zero-order valence-corrected chi connectivity index (χ0v) is 49.1. The Morgan fingerprint density at radius 1 is 0.447 bits per heavy atom. The standard InChI is InChI=1S/C50H50F34O9Si/c1-23(2)94(24(3)4,20-18-36(53,54)38(57,58)40(61,62)42(65,66)44(69,70)46(73,74)48(77,78)50(82,83)84)93-31-14-16-32(85)90-25(5)21-34(87)92-26(6)30(13-15-33(86)91-27(31)7)89-22-28-9-11-29(12-10-28)88-19-8-17-35(51,52)37(55,56)39(59,60)41(63,64)43(67,68)45(71,72)47(75,76)49(79,80)81/h9-16,23-27,30-31H,8,17-22H2,1-7H3/t25-,26+,27-,30+,31+/m0/s1. The van der Waals surface area contributed by atoms with E-state index in [2.05, 4.69) is 0 Å². The van der Waals surface area contributed by atoms with Gasteiger partial charge in [-0.1, -0.05) is 39.8 Å². The monoisotopic (exact) mass is 1470 g/mol. The number of hydrogen-bond donors (Lipinski definition) is 0. The quantitative estimate of drug-likeness (QED) is 0.0280. The Balaban J connectivity index is 2.44. The van der Waals surface area contributed by atoms with Crippen molar-refractivity contribution in [1.82, 2.24) is 0 Å². The number of alkyl halides is 34. The Bertz CT molecular complexity index is 2790. The summed E-state index contributed by atoms with van der Waals surface area (Å²) in [7, 11) is -4.70. The van der Waals surface area contributed by atoms with Crippen LogP contribution in [0.4, 0.5) is 149 Å². The van der Waals surface area contributed by atoms with Crippen molar-refractivity contribution in [2.75, 3.05) is 6.61 Å². The van der Waals surface area contributed by atoms with Gasteiger partial charge in [0.1, 0.15) is 36.3 Å². The molecule has 1 heterocycles. The predicted molar refractivity (Wildman–Crippen MR) is 251 cm³/mol. The molecular weight excluding hydrogens is 1420 g/mol. The van der Waals surface area contributed by atoms with Gasteiger partial charge in [-0.15, -0.1) is 0 Å². The normalized spacial score (nSPS) is 20.8. The fraction of sp³-hybridized carbons (Fsp3) is 0.740. The number of ether oxygens (including phenoxy) is 5. The lowest BCUT2D eigenvalue weighted by Gasteiger charge is -2.45. The van der Waals surface area contributed by atoms with E-state index in [1.807, 2.05) is 0 Å². The molecule has 44 heteroatoms. The van der Waals surface area contributed by atoms with Crippen LogP contribution in [-0.2, 0) is 44.4 Å². The van der Waals surface area contributed by atoms with Gasteiger partial charge in [0, 0.05) is 25.0 Å². The third-order valence-electron chi connectivity index (χ3n) is 14.1. The second-order valence-electron chi connectivity index (χ2n) is 21.5. The average molecular weight is 1470 g/mol. The fourth-order valence-electron chi connectivity index (χ4n) is 8.36. The molecule has 0 fully saturated rings. The lowest BCUT2D eigenvalue weighted by molar-refractivity contribution is -0.461. The highest BCUT2D eigenvalue weighted by atomic mass is 28.4. The number of carbonyl (C=O) groups is 3. The number of esters is 3. The maximum absolute atomic E-state index is 15.4. The second kappa shape index (κ2) is 27.9. The molecule has 0 unspecified atom stereocenters. The molecule has 0 bridgehead atoms. The van der Waals surface area contributed by atoms with E-state index in [9.17, 15) is 146 Å². The first-order valence-electron chi connectivity index (χ1n) is 26.0. The van der Waals surface area contributed by atoms with Gasteiger partial charge >= 0.3 is 113 Å². The molecular formula is C50H50F34O9Si. The van der Waals surface area contributed by atoms with Gasteiger partial charge in [-0.05, 0) is 74.2 Å². The van der Waals surface area contributed by atoms with E-state index in [4.69, 9.17) is 28.1 Å². The third-order valence-corrected chi connectivity index (χ3v) is 19.8. The Hall–Kier alpha value is -5.33. The van der Waals surface area contributed by atoms with Crippen molar-refractivity contribution in [2.24, 2.45) is 0 Å². The highest BCUT2D eigenvalue weighted by Gasteiger charge is 2.97. The van der Waals surface area contributed by atoms with E-state index in [-0.39, 0.29) is 5.56 Å². The van der Waals surface area contributed by atoms with Crippen molar-refractivity contribution in [3.63, 3.8) is 0 Å². The topological polar surface area (TPSA) is 107 Å². The number of benzene rings is 1. The molecule has 1 aromatic carbocycles. The highest BCUT2D eigenvalue weighted by Crippen LogP contribution is 2.67. The van der Waals surface area contributed by atoms with Crippen LogP contribution in [0.1, 0.15) is 79.7 Å². The number of hydrogen-bond acceptors (Lipinski definition) is 9. The van der Waals surface area contributed by atoms with E-state index >= 15 is 17.6 Å². The molecule has 9 nitrogen and oxygen atoms in total.